The molecule has 2 aliphatic heterocycles. The number of H-pyrrole nitrogens is 1. The number of benzene rings is 2. The summed E-state index contributed by atoms with van der Waals surface area (Å²) >= 11 is 0. The number of amides is 1. The van der Waals surface area contributed by atoms with E-state index in [0.717, 1.165) is 12.1 Å². The Kier molecular flexibility index (Phi) is 7.53. The predicted octanol–water partition coefficient (Wildman–Crippen LogP) is 6.40. The number of aromatic nitrogens is 1. The highest BCUT2D eigenvalue weighted by molar-refractivity contribution is 6.13. The summed E-state index contributed by atoms with van der Waals surface area (Å²) in [5, 5.41) is 0. The van der Waals surface area contributed by atoms with E-state index in [0.29, 0.717) is 54.1 Å². The molecular formula is C28H30F4N4O2. The highest BCUT2D eigenvalue weighted by Crippen LogP contribution is 2.42. The third kappa shape index (κ3) is 4.99. The largest absolute Gasteiger partial charge is 0.416 e. The first-order chi connectivity index (χ1) is 18.0. The van der Waals surface area contributed by atoms with Gasteiger partial charge in [0.2, 0.25) is 0 Å². The summed E-state index contributed by atoms with van der Waals surface area (Å²) in [4.78, 5) is 33.9. The summed E-state index contributed by atoms with van der Waals surface area (Å²) in [6.45, 7) is 6.09. The van der Waals surface area contributed by atoms with Crippen LogP contribution in [-0.2, 0) is 12.6 Å². The van der Waals surface area contributed by atoms with Gasteiger partial charge in [-0.25, -0.2) is 4.39 Å². The number of anilines is 4. The Morgan fingerprint density at radius 2 is 1.63 bits per heavy atom. The Bertz CT molecular complexity index is 1420. The van der Waals surface area contributed by atoms with Gasteiger partial charge in [0.1, 0.15) is 18.3 Å². The molecule has 202 valence electrons. The maximum atomic E-state index is 14.2. The summed E-state index contributed by atoms with van der Waals surface area (Å²) in [5.41, 5.74) is 1.04. The first kappa shape index (κ1) is 27.2. The number of rotatable bonds is 0. The van der Waals surface area contributed by atoms with Crippen molar-refractivity contribution in [1.29, 1.82) is 0 Å². The molecule has 5 rings (SSSR count). The minimum Gasteiger partial charge on any atom is -0.359 e. The van der Waals surface area contributed by atoms with Crippen LogP contribution in [0.1, 0.15) is 53.7 Å². The molecule has 3 heterocycles. The van der Waals surface area contributed by atoms with Crippen molar-refractivity contribution in [3.63, 3.8) is 0 Å². The first-order valence-electron chi connectivity index (χ1n) is 12.6. The number of hydrogen-bond acceptors (Lipinski definition) is 4. The van der Waals surface area contributed by atoms with E-state index in [2.05, 4.69) is 4.98 Å². The summed E-state index contributed by atoms with van der Waals surface area (Å²) in [5.74, 6) is -0.475. The zero-order valence-corrected chi connectivity index (χ0v) is 21.7. The van der Waals surface area contributed by atoms with Crippen LogP contribution in [0.25, 0.3) is 0 Å². The minimum absolute atomic E-state index is 0.0824. The van der Waals surface area contributed by atoms with Gasteiger partial charge in [-0.1, -0.05) is 13.8 Å². The van der Waals surface area contributed by atoms with E-state index in [-0.39, 0.29) is 23.5 Å². The number of nitrogens with zero attached hydrogens (tertiary/aromatic N) is 3. The number of fused-ring (bicyclic) bond motifs is 8. The van der Waals surface area contributed by atoms with Gasteiger partial charge in [0.15, 0.2) is 0 Å². The number of carbonyl (C=O) groups is 1. The van der Waals surface area contributed by atoms with Crippen molar-refractivity contribution in [3.8, 4) is 0 Å². The molecule has 2 aromatic carbocycles. The Morgan fingerprint density at radius 3 is 2.34 bits per heavy atom. The fraction of sp³-hybridized carbons (Fsp3) is 0.357. The molecule has 0 radical (unpaired) electrons. The SMILES string of the molecule is CC.Cc1cc2c([nH]c1=O)N(C)CCCCc1cc(F)ccc1N1CN2C(=O)c2ccc(C(F)(F)F)cc21. The Labute approximate surface area is 218 Å². The molecule has 0 saturated carbocycles. The van der Waals surface area contributed by atoms with E-state index in [1.165, 1.54) is 23.1 Å². The van der Waals surface area contributed by atoms with Gasteiger partial charge in [-0.3, -0.25) is 14.5 Å². The van der Waals surface area contributed by atoms with Crippen molar-refractivity contribution in [2.75, 3.05) is 35.0 Å². The Morgan fingerprint density at radius 1 is 0.895 bits per heavy atom. The molecule has 0 fully saturated rings. The first-order valence-corrected chi connectivity index (χ1v) is 12.6. The van der Waals surface area contributed by atoms with E-state index < -0.39 is 23.5 Å². The molecule has 1 aromatic heterocycles. The van der Waals surface area contributed by atoms with Crippen LogP contribution in [0.4, 0.5) is 40.4 Å². The maximum absolute atomic E-state index is 14.2. The fourth-order valence-corrected chi connectivity index (χ4v) is 4.83. The molecule has 0 unspecified atom stereocenters. The fourth-order valence-electron chi connectivity index (χ4n) is 4.83. The van der Waals surface area contributed by atoms with Gasteiger partial charge in [-0.2, -0.15) is 13.2 Å². The number of carbonyl (C=O) groups excluding carboxylic acids is 1. The van der Waals surface area contributed by atoms with E-state index >= 15 is 0 Å². The molecule has 1 N–H and O–H groups in total. The maximum Gasteiger partial charge on any atom is 0.416 e. The van der Waals surface area contributed by atoms with Crippen molar-refractivity contribution in [1.82, 2.24) is 4.98 Å². The second-order valence-corrected chi connectivity index (χ2v) is 9.20. The van der Waals surface area contributed by atoms with Crippen molar-refractivity contribution < 1.29 is 22.4 Å². The summed E-state index contributed by atoms with van der Waals surface area (Å²) < 4.78 is 55.0. The lowest BCUT2D eigenvalue weighted by atomic mass is 9.99. The second kappa shape index (κ2) is 10.5. The van der Waals surface area contributed by atoms with E-state index in [4.69, 9.17) is 0 Å². The molecule has 0 spiro atoms. The lowest BCUT2D eigenvalue weighted by Gasteiger charge is -2.40. The molecule has 0 atom stereocenters. The van der Waals surface area contributed by atoms with Gasteiger partial charge >= 0.3 is 6.18 Å². The molecule has 1 amide bonds. The zero-order chi connectivity index (χ0) is 27.8. The van der Waals surface area contributed by atoms with Gasteiger partial charge < -0.3 is 14.8 Å². The smallest absolute Gasteiger partial charge is 0.359 e. The third-order valence-electron chi connectivity index (χ3n) is 6.75. The molecule has 3 aromatic rings. The van der Waals surface area contributed by atoms with Gasteiger partial charge in [0, 0.05) is 24.8 Å². The van der Waals surface area contributed by atoms with Crippen molar-refractivity contribution in [2.24, 2.45) is 0 Å². The molecule has 0 saturated heterocycles. The number of aryl methyl sites for hydroxylation is 2. The van der Waals surface area contributed by atoms with Crippen molar-refractivity contribution in [2.45, 2.75) is 46.2 Å². The number of pyridine rings is 1. The Balaban J connectivity index is 0.00000164. The quantitative estimate of drug-likeness (QED) is 0.342. The summed E-state index contributed by atoms with van der Waals surface area (Å²) in [6.07, 6.45) is -2.70. The summed E-state index contributed by atoms with van der Waals surface area (Å²) in [6, 6.07) is 8.85. The van der Waals surface area contributed by atoms with Crippen LogP contribution in [0.3, 0.4) is 0 Å². The Hall–Kier alpha value is -3.82. The van der Waals surface area contributed by atoms with Crippen LogP contribution in [0, 0.1) is 12.7 Å². The van der Waals surface area contributed by atoms with Crippen LogP contribution in [0.5, 0.6) is 0 Å². The standard InChI is InChI=1S/C26H24F4N4O2.C2H6/c1-15-11-22-23(31-24(15)35)32(2)10-4-3-5-16-12-18(27)7-9-20(16)33-14-34(22)25(36)19-8-6-17(13-21(19)33)26(28,29)30;1-2/h6-9,11-13H,3-5,10,14H2,1-2H3,(H,31,35);1-2H3. The second-order valence-electron chi connectivity index (χ2n) is 9.20. The highest BCUT2D eigenvalue weighted by atomic mass is 19.4. The number of alkyl halides is 3. The van der Waals surface area contributed by atoms with Crippen molar-refractivity contribution >= 4 is 28.8 Å². The number of nitrogens with one attached hydrogen (secondary N) is 1. The van der Waals surface area contributed by atoms with E-state index in [1.54, 1.807) is 31.0 Å². The zero-order valence-electron chi connectivity index (χ0n) is 21.7. The monoisotopic (exact) mass is 530 g/mol. The average molecular weight is 531 g/mol. The van der Waals surface area contributed by atoms with Crippen LogP contribution in [0.2, 0.25) is 0 Å². The highest BCUT2D eigenvalue weighted by Gasteiger charge is 2.38. The van der Waals surface area contributed by atoms with Gasteiger partial charge in [-0.15, -0.1) is 0 Å². The van der Waals surface area contributed by atoms with Crippen LogP contribution in [-0.4, -0.2) is 31.2 Å². The van der Waals surface area contributed by atoms with Gasteiger partial charge in [0.25, 0.3) is 11.5 Å². The molecule has 2 aliphatic rings. The van der Waals surface area contributed by atoms with Gasteiger partial charge in [0.05, 0.1) is 22.5 Å². The van der Waals surface area contributed by atoms with E-state index in [1.807, 2.05) is 18.7 Å². The average Bonchev–Trinajstić information content (AvgIpc) is 2.88. The number of halogens is 4. The topological polar surface area (TPSA) is 59.7 Å². The molecule has 38 heavy (non-hydrogen) atoms. The van der Waals surface area contributed by atoms with Crippen LogP contribution in [0.15, 0.2) is 47.3 Å². The predicted molar refractivity (Wildman–Crippen MR) is 141 cm³/mol. The number of hydrogen-bond donors (Lipinski definition) is 1. The molecule has 6 nitrogen and oxygen atoms in total. The lowest BCUT2D eigenvalue weighted by Crippen LogP contribution is -2.46. The van der Waals surface area contributed by atoms with Crippen LogP contribution < -0.4 is 20.3 Å². The summed E-state index contributed by atoms with van der Waals surface area (Å²) in [7, 11) is 1.80. The molecule has 10 heteroatoms. The third-order valence-corrected chi connectivity index (χ3v) is 6.75. The van der Waals surface area contributed by atoms with Gasteiger partial charge in [-0.05, 0) is 74.2 Å². The van der Waals surface area contributed by atoms with Crippen LogP contribution >= 0.6 is 0 Å². The molecule has 0 aliphatic carbocycles. The van der Waals surface area contributed by atoms with E-state index in [9.17, 15) is 27.2 Å². The minimum atomic E-state index is -4.60. The molecular weight excluding hydrogens is 500 g/mol. The lowest BCUT2D eigenvalue weighted by molar-refractivity contribution is -0.137. The number of aromatic amines is 1. The van der Waals surface area contributed by atoms with Crippen molar-refractivity contribution in [3.05, 3.63) is 80.9 Å². The normalized spacial score (nSPS) is 15.4. The molecule has 2 bridgehead atoms.